The highest BCUT2D eigenvalue weighted by Crippen LogP contribution is 2.60. The number of nitrogens with zero attached hydrogens (tertiary/aromatic N) is 1. The van der Waals surface area contributed by atoms with Gasteiger partial charge in [0, 0.05) is 16.3 Å². The van der Waals surface area contributed by atoms with Crippen LogP contribution in [0, 0.1) is 0 Å². The summed E-state index contributed by atoms with van der Waals surface area (Å²) in [5.41, 5.74) is 13.5. The Morgan fingerprint density at radius 2 is 0.788 bits per heavy atom. The molecular formula is C49H31NO2. The van der Waals surface area contributed by atoms with Crippen molar-refractivity contribution in [2.75, 3.05) is 4.90 Å². The minimum Gasteiger partial charge on any atom is -0.456 e. The molecule has 2 aromatic heterocycles. The second kappa shape index (κ2) is 11.1. The average Bonchev–Trinajstić information content (AvgIpc) is 3.88. The molecule has 0 spiro atoms. The molecule has 2 heterocycles. The van der Waals surface area contributed by atoms with Crippen molar-refractivity contribution in [3.63, 3.8) is 0 Å². The van der Waals surface area contributed by atoms with Crippen LogP contribution in [0.2, 0.25) is 0 Å². The molecule has 1 aliphatic carbocycles. The van der Waals surface area contributed by atoms with Gasteiger partial charge in [-0.2, -0.15) is 0 Å². The van der Waals surface area contributed by atoms with Crippen LogP contribution in [-0.2, 0) is 5.41 Å². The lowest BCUT2D eigenvalue weighted by molar-refractivity contribution is 0.668. The summed E-state index contributed by atoms with van der Waals surface area (Å²) >= 11 is 0. The molecule has 8 aromatic carbocycles. The molecule has 3 heteroatoms. The van der Waals surface area contributed by atoms with Crippen LogP contribution in [-0.4, -0.2) is 0 Å². The number of benzene rings is 8. The van der Waals surface area contributed by atoms with Crippen LogP contribution in [0.1, 0.15) is 22.3 Å². The lowest BCUT2D eigenvalue weighted by Gasteiger charge is -2.34. The van der Waals surface area contributed by atoms with Crippen LogP contribution >= 0.6 is 0 Å². The van der Waals surface area contributed by atoms with Crippen LogP contribution in [0.4, 0.5) is 17.1 Å². The number of rotatable bonds is 5. The Hall–Kier alpha value is -6.84. The van der Waals surface area contributed by atoms with Crippen molar-refractivity contribution in [2.45, 2.75) is 5.41 Å². The summed E-state index contributed by atoms with van der Waals surface area (Å²) in [7, 11) is 0. The molecule has 0 fully saturated rings. The maximum absolute atomic E-state index is 6.51. The van der Waals surface area contributed by atoms with Crippen LogP contribution in [0.15, 0.2) is 197 Å². The second-order valence-electron chi connectivity index (χ2n) is 13.6. The van der Waals surface area contributed by atoms with Crippen molar-refractivity contribution < 1.29 is 8.83 Å². The molecule has 0 aliphatic heterocycles. The summed E-state index contributed by atoms with van der Waals surface area (Å²) in [5.74, 6) is 0. The molecule has 10 aromatic rings. The van der Waals surface area contributed by atoms with E-state index in [1.165, 1.54) is 33.4 Å². The lowest BCUT2D eigenvalue weighted by Crippen LogP contribution is -2.28. The Morgan fingerprint density at radius 3 is 1.38 bits per heavy atom. The highest BCUT2D eigenvalue weighted by atomic mass is 16.3. The largest absolute Gasteiger partial charge is 0.456 e. The number of anilines is 3. The molecular weight excluding hydrogens is 635 g/mol. The molecule has 0 saturated heterocycles. The first kappa shape index (κ1) is 28.9. The van der Waals surface area contributed by atoms with E-state index in [1.54, 1.807) is 0 Å². The monoisotopic (exact) mass is 665 g/mol. The summed E-state index contributed by atoms with van der Waals surface area (Å²) in [4.78, 5) is 2.45. The Labute approximate surface area is 300 Å². The molecule has 0 amide bonds. The SMILES string of the molecule is c1ccc(C2(c3ccccc3)c3ccccc3-c3c(N(c4cccc5oc6ccccc6c45)c4cccc5oc6ccccc6c45)cccc32)cc1. The van der Waals surface area contributed by atoms with Crippen LogP contribution in [0.5, 0.6) is 0 Å². The molecule has 0 saturated carbocycles. The summed E-state index contributed by atoms with van der Waals surface area (Å²) in [5, 5.41) is 4.31. The van der Waals surface area contributed by atoms with Gasteiger partial charge in [-0.05, 0) is 70.3 Å². The van der Waals surface area contributed by atoms with Gasteiger partial charge >= 0.3 is 0 Å². The zero-order valence-electron chi connectivity index (χ0n) is 28.2. The Bertz CT molecular complexity index is 2820. The highest BCUT2D eigenvalue weighted by Gasteiger charge is 2.47. The third-order valence-electron chi connectivity index (χ3n) is 10.9. The van der Waals surface area contributed by atoms with Crippen molar-refractivity contribution in [1.82, 2.24) is 0 Å². The van der Waals surface area contributed by atoms with Gasteiger partial charge in [0.1, 0.15) is 22.3 Å². The normalized spacial score (nSPS) is 13.2. The van der Waals surface area contributed by atoms with E-state index in [0.29, 0.717) is 0 Å². The molecule has 0 atom stereocenters. The predicted octanol–water partition coefficient (Wildman–Crippen LogP) is 13.3. The second-order valence-corrected chi connectivity index (χ2v) is 13.6. The van der Waals surface area contributed by atoms with E-state index in [9.17, 15) is 0 Å². The number of fused-ring (bicyclic) bond motifs is 9. The predicted molar refractivity (Wildman–Crippen MR) is 213 cm³/mol. The molecule has 0 bridgehead atoms. The van der Waals surface area contributed by atoms with Crippen molar-refractivity contribution >= 4 is 60.9 Å². The maximum Gasteiger partial charge on any atom is 0.137 e. The van der Waals surface area contributed by atoms with E-state index in [-0.39, 0.29) is 0 Å². The Morgan fingerprint density at radius 1 is 0.346 bits per heavy atom. The molecule has 11 rings (SSSR count). The van der Waals surface area contributed by atoms with Gasteiger partial charge < -0.3 is 13.7 Å². The minimum absolute atomic E-state index is 0.529. The van der Waals surface area contributed by atoms with E-state index in [4.69, 9.17) is 8.83 Å². The third kappa shape index (κ3) is 3.91. The molecule has 0 unspecified atom stereocenters. The van der Waals surface area contributed by atoms with Gasteiger partial charge in [0.25, 0.3) is 0 Å². The zero-order valence-corrected chi connectivity index (χ0v) is 28.2. The first-order chi connectivity index (χ1) is 25.8. The topological polar surface area (TPSA) is 29.5 Å². The number of hydrogen-bond donors (Lipinski definition) is 0. The van der Waals surface area contributed by atoms with Gasteiger partial charge in [0.15, 0.2) is 0 Å². The van der Waals surface area contributed by atoms with Crippen LogP contribution < -0.4 is 4.90 Å². The number of hydrogen-bond acceptors (Lipinski definition) is 3. The Kier molecular flexibility index (Phi) is 6.17. The lowest BCUT2D eigenvalue weighted by atomic mass is 9.68. The number of furan rings is 2. The molecule has 1 aliphatic rings. The number of para-hydroxylation sites is 2. The van der Waals surface area contributed by atoms with E-state index in [0.717, 1.165) is 60.9 Å². The van der Waals surface area contributed by atoms with Gasteiger partial charge in [-0.3, -0.25) is 0 Å². The third-order valence-corrected chi connectivity index (χ3v) is 10.9. The summed E-state index contributed by atoms with van der Waals surface area (Å²) in [6.45, 7) is 0. The minimum atomic E-state index is -0.529. The average molecular weight is 666 g/mol. The fourth-order valence-electron chi connectivity index (χ4n) is 8.93. The first-order valence-corrected chi connectivity index (χ1v) is 17.8. The molecule has 52 heavy (non-hydrogen) atoms. The van der Waals surface area contributed by atoms with Gasteiger partial charge in [0.05, 0.1) is 33.2 Å². The van der Waals surface area contributed by atoms with E-state index in [1.807, 2.05) is 12.1 Å². The van der Waals surface area contributed by atoms with Crippen molar-refractivity contribution in [3.8, 4) is 11.1 Å². The maximum atomic E-state index is 6.51. The van der Waals surface area contributed by atoms with Crippen LogP contribution in [0.3, 0.4) is 0 Å². The highest BCUT2D eigenvalue weighted by molar-refractivity contribution is 6.18. The van der Waals surface area contributed by atoms with Crippen LogP contribution in [0.25, 0.3) is 55.0 Å². The summed E-state index contributed by atoms with van der Waals surface area (Å²) in [6.07, 6.45) is 0. The quantitative estimate of drug-likeness (QED) is 0.183. The van der Waals surface area contributed by atoms with Gasteiger partial charge in [-0.25, -0.2) is 0 Å². The fourth-order valence-corrected chi connectivity index (χ4v) is 8.93. The van der Waals surface area contributed by atoms with E-state index < -0.39 is 5.41 Å². The van der Waals surface area contributed by atoms with Gasteiger partial charge in [-0.15, -0.1) is 0 Å². The zero-order chi connectivity index (χ0) is 34.2. The first-order valence-electron chi connectivity index (χ1n) is 17.8. The van der Waals surface area contributed by atoms with Crippen molar-refractivity contribution in [1.29, 1.82) is 0 Å². The molecule has 0 radical (unpaired) electrons. The standard InChI is InChI=1S/C49H31NO2/c1-3-16-32(17-4-1)49(33-18-5-2-6-19-33)37-23-10-7-20-34(37)46-38(49)24-13-25-39(46)50(40-26-14-30-44-47(40)35-21-8-11-28-42(35)51-44)41-27-15-31-45-48(41)36-22-9-12-29-43(36)52-45/h1-31H. The summed E-state index contributed by atoms with van der Waals surface area (Å²) < 4.78 is 13.0. The molecule has 244 valence electrons. The van der Waals surface area contributed by atoms with E-state index >= 15 is 0 Å². The van der Waals surface area contributed by atoms with Crippen molar-refractivity contribution in [2.24, 2.45) is 0 Å². The smallest absolute Gasteiger partial charge is 0.137 e. The van der Waals surface area contributed by atoms with Gasteiger partial charge in [-0.1, -0.05) is 146 Å². The van der Waals surface area contributed by atoms with Crippen molar-refractivity contribution in [3.05, 3.63) is 210 Å². The summed E-state index contributed by atoms with van der Waals surface area (Å²) in [6, 6.07) is 67.3. The molecule has 3 nitrogen and oxygen atoms in total. The Balaban J connectivity index is 1.31. The van der Waals surface area contributed by atoms with Gasteiger partial charge in [0.2, 0.25) is 0 Å². The fraction of sp³-hybridized carbons (Fsp3) is 0.0204. The molecule has 0 N–H and O–H groups in total. The van der Waals surface area contributed by atoms with E-state index in [2.05, 4.69) is 181 Å².